The number of nitrogens with one attached hydrogen (secondary N) is 1. The molecule has 7 heteroatoms. The van der Waals surface area contributed by atoms with Gasteiger partial charge in [-0.15, -0.1) is 11.3 Å². The highest BCUT2D eigenvalue weighted by Crippen LogP contribution is 2.29. The number of nitrogens with two attached hydrogens (primary N) is 2. The van der Waals surface area contributed by atoms with E-state index in [1.54, 1.807) is 17.4 Å². The minimum absolute atomic E-state index is 0.279. The lowest BCUT2D eigenvalue weighted by Gasteiger charge is -2.21. The summed E-state index contributed by atoms with van der Waals surface area (Å²) >= 11 is 1.68. The summed E-state index contributed by atoms with van der Waals surface area (Å²) in [6, 6.07) is 16.9. The number of benzene rings is 2. The zero-order chi connectivity index (χ0) is 18.5. The molecule has 0 aliphatic carbocycles. The number of hydrazine groups is 2. The second-order valence-corrected chi connectivity index (χ2v) is 6.63. The zero-order valence-electron chi connectivity index (χ0n) is 14.3. The van der Waals surface area contributed by atoms with E-state index in [1.165, 1.54) is 4.88 Å². The fourth-order valence-corrected chi connectivity index (χ4v) is 3.34. The molecule has 0 bridgehead atoms. The van der Waals surface area contributed by atoms with Crippen LogP contribution in [0.1, 0.15) is 11.1 Å². The van der Waals surface area contributed by atoms with Gasteiger partial charge >= 0.3 is 6.03 Å². The largest absolute Gasteiger partial charge is 0.489 e. The lowest BCUT2D eigenvalue weighted by molar-refractivity contribution is 0.246. The molecule has 0 fully saturated rings. The van der Waals surface area contributed by atoms with E-state index >= 15 is 0 Å². The molecule has 2 amide bonds. The first-order chi connectivity index (χ1) is 12.6. The molecule has 0 spiro atoms. The first-order valence-electron chi connectivity index (χ1n) is 8.01. The van der Waals surface area contributed by atoms with E-state index in [9.17, 15) is 4.79 Å². The summed E-state index contributed by atoms with van der Waals surface area (Å²) in [6.07, 6.45) is 0. The highest BCUT2D eigenvalue weighted by atomic mass is 32.1. The number of carbonyl (C=O) groups excluding carboxylic acids is 1. The number of anilines is 1. The van der Waals surface area contributed by atoms with Crippen molar-refractivity contribution in [3.8, 4) is 16.2 Å². The number of rotatable bonds is 5. The first-order valence-corrected chi connectivity index (χ1v) is 8.88. The molecular formula is C19H20N4O2S. The Kier molecular flexibility index (Phi) is 5.52. The molecule has 5 N–H and O–H groups in total. The van der Waals surface area contributed by atoms with Crippen molar-refractivity contribution in [3.05, 3.63) is 71.1 Å². The van der Waals surface area contributed by atoms with E-state index in [2.05, 4.69) is 6.07 Å². The number of aryl methyl sites for hydroxylation is 1. The summed E-state index contributed by atoms with van der Waals surface area (Å²) in [7, 11) is 0. The maximum atomic E-state index is 11.8. The highest BCUT2D eigenvalue weighted by Gasteiger charge is 2.16. The monoisotopic (exact) mass is 368 g/mol. The molecule has 0 aliphatic heterocycles. The standard InChI is InChI=1S/C19H20N4O2S/c1-13-5-2-8-17(23(21)19(24)22-20)16(13)12-25-15-7-3-6-14(11-15)18-9-4-10-26-18/h2-11H,12,20-21H2,1H3,(H,22,24). The van der Waals surface area contributed by atoms with E-state index in [-0.39, 0.29) is 6.61 Å². The third-order valence-electron chi connectivity index (χ3n) is 4.01. The van der Waals surface area contributed by atoms with Gasteiger partial charge in [-0.2, -0.15) is 0 Å². The van der Waals surface area contributed by atoms with Crippen LogP contribution in [0.15, 0.2) is 60.0 Å². The molecule has 6 nitrogen and oxygen atoms in total. The van der Waals surface area contributed by atoms with Crippen molar-refractivity contribution in [2.75, 3.05) is 5.01 Å². The number of hydrogen-bond acceptors (Lipinski definition) is 5. The Morgan fingerprint density at radius 1 is 1.19 bits per heavy atom. The highest BCUT2D eigenvalue weighted by molar-refractivity contribution is 7.13. The fraction of sp³-hybridized carbons (Fsp3) is 0.105. The first kappa shape index (κ1) is 17.9. The number of ether oxygens (including phenoxy) is 1. The van der Waals surface area contributed by atoms with Crippen molar-refractivity contribution in [3.63, 3.8) is 0 Å². The topological polar surface area (TPSA) is 93.6 Å². The van der Waals surface area contributed by atoms with Crippen LogP contribution in [0.2, 0.25) is 0 Å². The van der Waals surface area contributed by atoms with E-state index in [0.717, 1.165) is 27.4 Å². The smallest absolute Gasteiger partial charge is 0.350 e. The summed E-state index contributed by atoms with van der Waals surface area (Å²) in [4.78, 5) is 12.9. The van der Waals surface area contributed by atoms with E-state index in [0.29, 0.717) is 5.69 Å². The molecule has 2 aromatic carbocycles. The maximum Gasteiger partial charge on any atom is 0.350 e. The van der Waals surface area contributed by atoms with Gasteiger partial charge in [0.2, 0.25) is 0 Å². The molecule has 1 heterocycles. The third-order valence-corrected chi connectivity index (χ3v) is 4.93. The van der Waals surface area contributed by atoms with Gasteiger partial charge in [-0.1, -0.05) is 30.3 Å². The van der Waals surface area contributed by atoms with E-state index in [1.807, 2.05) is 60.2 Å². The molecule has 1 aromatic heterocycles. The Morgan fingerprint density at radius 3 is 2.73 bits per heavy atom. The predicted molar refractivity (Wildman–Crippen MR) is 105 cm³/mol. The van der Waals surface area contributed by atoms with Crippen LogP contribution in [0.3, 0.4) is 0 Å². The average Bonchev–Trinajstić information content (AvgIpc) is 3.20. The van der Waals surface area contributed by atoms with Crippen molar-refractivity contribution in [1.82, 2.24) is 5.43 Å². The minimum Gasteiger partial charge on any atom is -0.489 e. The lowest BCUT2D eigenvalue weighted by atomic mass is 10.1. The fourth-order valence-electron chi connectivity index (χ4n) is 2.62. The van der Waals surface area contributed by atoms with Crippen LogP contribution in [-0.2, 0) is 6.61 Å². The second-order valence-electron chi connectivity index (χ2n) is 5.69. The van der Waals surface area contributed by atoms with E-state index in [4.69, 9.17) is 16.4 Å². The molecule has 26 heavy (non-hydrogen) atoms. The van der Waals surface area contributed by atoms with Crippen LogP contribution in [0.5, 0.6) is 5.75 Å². The molecule has 0 saturated heterocycles. The summed E-state index contributed by atoms with van der Waals surface area (Å²) in [6.45, 7) is 2.22. The third kappa shape index (κ3) is 3.85. The van der Waals surface area contributed by atoms with Crippen LogP contribution >= 0.6 is 11.3 Å². The maximum absolute atomic E-state index is 11.8. The SMILES string of the molecule is Cc1cccc(N(N)C(=O)NN)c1COc1cccc(-c2cccs2)c1. The molecule has 0 unspecified atom stereocenters. The number of urea groups is 1. The Morgan fingerprint density at radius 2 is 2.00 bits per heavy atom. The normalized spacial score (nSPS) is 10.4. The van der Waals surface area contributed by atoms with Gasteiger partial charge in [-0.25, -0.2) is 21.5 Å². The van der Waals surface area contributed by atoms with Gasteiger partial charge in [0, 0.05) is 10.4 Å². The second kappa shape index (κ2) is 8.01. The van der Waals surface area contributed by atoms with Crippen molar-refractivity contribution >= 4 is 23.1 Å². The van der Waals surface area contributed by atoms with Gasteiger partial charge in [0.1, 0.15) is 12.4 Å². The number of carbonyl (C=O) groups is 1. The minimum atomic E-state index is -0.600. The number of nitrogens with zero attached hydrogens (tertiary/aromatic N) is 1. The molecule has 0 saturated carbocycles. The Balaban J connectivity index is 1.82. The van der Waals surface area contributed by atoms with Gasteiger partial charge in [0.25, 0.3) is 0 Å². The van der Waals surface area contributed by atoms with Gasteiger partial charge in [-0.05, 0) is 47.7 Å². The van der Waals surface area contributed by atoms with Gasteiger partial charge < -0.3 is 4.74 Å². The van der Waals surface area contributed by atoms with Crippen LogP contribution in [0.4, 0.5) is 10.5 Å². The molecule has 0 aliphatic rings. The van der Waals surface area contributed by atoms with Crippen molar-refractivity contribution in [2.24, 2.45) is 11.7 Å². The quantitative estimate of drug-likeness (QED) is 0.365. The molecule has 0 radical (unpaired) electrons. The number of thiophene rings is 1. The van der Waals surface area contributed by atoms with Crippen LogP contribution in [0.25, 0.3) is 10.4 Å². The Bertz CT molecular complexity index is 896. The number of hydrogen-bond donors (Lipinski definition) is 3. The van der Waals surface area contributed by atoms with Crippen LogP contribution in [0, 0.1) is 6.92 Å². The average molecular weight is 368 g/mol. The summed E-state index contributed by atoms with van der Waals surface area (Å²) in [5, 5.41) is 3.02. The van der Waals surface area contributed by atoms with Crippen molar-refractivity contribution in [2.45, 2.75) is 13.5 Å². The zero-order valence-corrected chi connectivity index (χ0v) is 15.1. The van der Waals surface area contributed by atoms with Gasteiger partial charge in [0.15, 0.2) is 0 Å². The van der Waals surface area contributed by atoms with Gasteiger partial charge in [-0.3, -0.25) is 5.43 Å². The lowest BCUT2D eigenvalue weighted by Crippen LogP contribution is -2.48. The summed E-state index contributed by atoms with van der Waals surface area (Å²) < 4.78 is 5.98. The molecule has 3 aromatic rings. The Hall–Kier alpha value is -2.87. The summed E-state index contributed by atoms with van der Waals surface area (Å²) in [5.74, 6) is 11.8. The van der Waals surface area contributed by atoms with Gasteiger partial charge in [0.05, 0.1) is 5.69 Å². The van der Waals surface area contributed by atoms with Crippen LogP contribution in [-0.4, -0.2) is 6.03 Å². The predicted octanol–water partition coefficient (Wildman–Crippen LogP) is 3.57. The summed E-state index contributed by atoms with van der Waals surface area (Å²) in [5.41, 5.74) is 5.46. The Labute approximate surface area is 155 Å². The number of amides is 2. The molecule has 134 valence electrons. The van der Waals surface area contributed by atoms with Crippen molar-refractivity contribution in [1.29, 1.82) is 0 Å². The molecular weight excluding hydrogens is 348 g/mol. The van der Waals surface area contributed by atoms with Crippen LogP contribution < -0.4 is 26.9 Å². The molecule has 3 rings (SSSR count). The van der Waals surface area contributed by atoms with E-state index < -0.39 is 6.03 Å². The molecule has 0 atom stereocenters. The van der Waals surface area contributed by atoms with Crippen molar-refractivity contribution < 1.29 is 9.53 Å².